The molecule has 3 rings (SSSR count). The van der Waals surface area contributed by atoms with E-state index in [1.54, 1.807) is 24.3 Å². The smallest absolute Gasteiger partial charge is 0.323 e. The van der Waals surface area contributed by atoms with Gasteiger partial charge in [0.2, 0.25) is 0 Å². The van der Waals surface area contributed by atoms with E-state index in [-0.39, 0.29) is 33.9 Å². The molecule has 0 radical (unpaired) electrons. The second-order valence-electron chi connectivity index (χ2n) is 5.80. The Balaban J connectivity index is 1.65. The summed E-state index contributed by atoms with van der Waals surface area (Å²) in [5, 5.41) is 7.70. The number of hydrogen-bond donors (Lipinski definition) is 3. The van der Waals surface area contributed by atoms with Crippen LogP contribution in [0.5, 0.6) is 11.5 Å². The molecule has 0 saturated carbocycles. The summed E-state index contributed by atoms with van der Waals surface area (Å²) in [4.78, 5) is 27.9. The normalized spacial score (nSPS) is 12.6. The van der Waals surface area contributed by atoms with Crippen molar-refractivity contribution in [1.29, 1.82) is 0 Å². The number of hydrogen-bond acceptors (Lipinski definition) is 4. The molecule has 8 heteroatoms. The third-order valence-electron chi connectivity index (χ3n) is 3.70. The Labute approximate surface area is 178 Å². The number of amides is 3. The minimum Gasteiger partial charge on any atom is -0.457 e. The molecule has 0 aliphatic rings. The lowest BCUT2D eigenvalue weighted by molar-refractivity contribution is 0.0958. The van der Waals surface area contributed by atoms with Crippen molar-refractivity contribution in [1.82, 2.24) is 10.3 Å². The number of nitrogens with one attached hydrogen (secondary N) is 3. The van der Waals surface area contributed by atoms with Crippen molar-refractivity contribution in [2.75, 3.05) is 17.7 Å². The molecule has 3 aromatic rings. The summed E-state index contributed by atoms with van der Waals surface area (Å²) >= 11 is 5.93. The lowest BCUT2D eigenvalue weighted by atomic mass is 10.2. The van der Waals surface area contributed by atoms with Gasteiger partial charge in [-0.15, -0.1) is 0 Å². The number of pyridine rings is 1. The number of rotatable bonds is 5. The van der Waals surface area contributed by atoms with Gasteiger partial charge in [0.05, 0.1) is 1.37 Å². The van der Waals surface area contributed by atoms with Crippen LogP contribution in [0.2, 0.25) is 5.02 Å². The molecule has 0 atom stereocenters. The van der Waals surface area contributed by atoms with E-state index in [0.717, 1.165) is 0 Å². The molecule has 148 valence electrons. The molecule has 29 heavy (non-hydrogen) atoms. The molecule has 0 aliphatic heterocycles. The van der Waals surface area contributed by atoms with E-state index in [0.29, 0.717) is 11.4 Å². The molecule has 3 N–H and O–H groups in total. The van der Waals surface area contributed by atoms with Crippen LogP contribution in [0.1, 0.15) is 21.5 Å². The predicted molar refractivity (Wildman–Crippen MR) is 113 cm³/mol. The van der Waals surface area contributed by atoms with Crippen LogP contribution in [-0.2, 0) is 0 Å². The highest BCUT2D eigenvalue weighted by Gasteiger charge is 2.08. The van der Waals surface area contributed by atoms with Crippen LogP contribution in [0.4, 0.5) is 16.2 Å². The van der Waals surface area contributed by atoms with Crippen LogP contribution in [0, 0.1) is 6.85 Å². The van der Waals surface area contributed by atoms with Crippen molar-refractivity contribution in [3.8, 4) is 11.5 Å². The lowest BCUT2D eigenvalue weighted by Gasteiger charge is -2.10. The summed E-state index contributed by atoms with van der Waals surface area (Å²) in [5.41, 5.74) is 0.722. The average Bonchev–Trinajstić information content (AvgIpc) is 2.74. The van der Waals surface area contributed by atoms with Crippen molar-refractivity contribution in [2.24, 2.45) is 0 Å². The Bertz CT molecular complexity index is 1190. The zero-order valence-corrected chi connectivity index (χ0v) is 16.0. The van der Waals surface area contributed by atoms with Gasteiger partial charge in [-0.1, -0.05) is 11.6 Å². The van der Waals surface area contributed by atoms with Crippen molar-refractivity contribution in [3.63, 3.8) is 0 Å². The maximum Gasteiger partial charge on any atom is 0.323 e. The molecular formula is C21H19ClN4O3. The summed E-state index contributed by atoms with van der Waals surface area (Å²) in [6.45, 7) is -2.41. The van der Waals surface area contributed by atoms with Gasteiger partial charge in [-0.25, -0.2) is 4.79 Å². The van der Waals surface area contributed by atoms with Crippen molar-refractivity contribution in [2.45, 2.75) is 6.85 Å². The number of carbonyl (C=O) groups excluding carboxylic acids is 2. The second kappa shape index (κ2) is 9.07. The average molecular weight is 415 g/mol. The van der Waals surface area contributed by atoms with Crippen LogP contribution in [0.3, 0.4) is 0 Å². The maximum atomic E-state index is 12.3. The Morgan fingerprint density at radius 1 is 1.03 bits per heavy atom. The summed E-state index contributed by atoms with van der Waals surface area (Å²) in [6, 6.07) is 12.8. The maximum absolute atomic E-state index is 12.3. The summed E-state index contributed by atoms with van der Waals surface area (Å²) < 4.78 is 35.9. The van der Waals surface area contributed by atoms with E-state index in [2.05, 4.69) is 20.9 Å². The van der Waals surface area contributed by atoms with E-state index >= 15 is 0 Å². The highest BCUT2D eigenvalue weighted by molar-refractivity contribution is 6.31. The Kier molecular flexibility index (Phi) is 4.80. The van der Waals surface area contributed by atoms with Crippen LogP contribution in [0.25, 0.3) is 0 Å². The number of carbonyl (C=O) groups is 2. The van der Waals surface area contributed by atoms with E-state index < -0.39 is 18.8 Å². The number of aryl methyl sites for hydroxylation is 1. The van der Waals surface area contributed by atoms with Crippen LogP contribution >= 0.6 is 11.6 Å². The first-order valence-electron chi connectivity index (χ1n) is 10.4. The second-order valence-corrected chi connectivity index (χ2v) is 6.20. The number of halogens is 1. The molecule has 0 saturated heterocycles. The minimum absolute atomic E-state index is 0.0545. The molecule has 2 aromatic carbocycles. The van der Waals surface area contributed by atoms with E-state index in [4.69, 9.17) is 21.8 Å². The molecule has 7 nitrogen and oxygen atoms in total. The van der Waals surface area contributed by atoms with Crippen LogP contribution in [-0.4, -0.2) is 24.0 Å². The number of nitrogens with zero attached hydrogens (tertiary/aromatic N) is 1. The Morgan fingerprint density at radius 2 is 1.76 bits per heavy atom. The zero-order valence-electron chi connectivity index (χ0n) is 19.2. The predicted octanol–water partition coefficient (Wildman–Crippen LogP) is 4.84. The summed E-state index contributed by atoms with van der Waals surface area (Å²) in [5.74, 6) is 0.237. The van der Waals surface area contributed by atoms with Gasteiger partial charge in [-0.2, -0.15) is 0 Å². The Hall–Kier alpha value is -3.58. The summed E-state index contributed by atoms with van der Waals surface area (Å²) in [7, 11) is 1.46. The van der Waals surface area contributed by atoms with E-state index in [1.165, 1.54) is 37.4 Å². The molecule has 0 bridgehead atoms. The molecule has 0 spiro atoms. The van der Waals surface area contributed by atoms with Gasteiger partial charge in [0.15, 0.2) is 0 Å². The van der Waals surface area contributed by atoms with Gasteiger partial charge >= 0.3 is 6.03 Å². The minimum atomic E-state index is -2.41. The fourth-order valence-corrected chi connectivity index (χ4v) is 2.43. The molecular weight excluding hydrogens is 392 g/mol. The quantitative estimate of drug-likeness (QED) is 0.557. The van der Waals surface area contributed by atoms with Gasteiger partial charge in [-0.05, 0) is 60.9 Å². The lowest BCUT2D eigenvalue weighted by Crippen LogP contribution is -2.19. The number of urea groups is 1. The first-order valence-corrected chi connectivity index (χ1v) is 8.79. The zero-order chi connectivity index (χ0) is 24.2. The number of aromatic nitrogens is 1. The van der Waals surface area contributed by atoms with E-state index in [9.17, 15) is 9.59 Å². The topological polar surface area (TPSA) is 92.4 Å². The summed E-state index contributed by atoms with van der Waals surface area (Å²) in [6.07, 6.45) is -0.120. The molecule has 0 aliphatic carbocycles. The third-order valence-corrected chi connectivity index (χ3v) is 4.03. The van der Waals surface area contributed by atoms with Crippen LogP contribution < -0.4 is 20.7 Å². The third kappa shape index (κ3) is 5.46. The largest absolute Gasteiger partial charge is 0.457 e. The van der Waals surface area contributed by atoms with Crippen molar-refractivity contribution < 1.29 is 19.8 Å². The highest BCUT2D eigenvalue weighted by Crippen LogP contribution is 2.24. The van der Waals surface area contributed by atoms with E-state index in [1.807, 2.05) is 0 Å². The fourth-order valence-electron chi connectivity index (χ4n) is 2.32. The molecule has 0 fully saturated rings. The van der Waals surface area contributed by atoms with Crippen LogP contribution in [0.15, 0.2) is 60.8 Å². The monoisotopic (exact) mass is 414 g/mol. The molecule has 1 heterocycles. The Morgan fingerprint density at radius 3 is 2.48 bits per heavy atom. The number of ether oxygens (including phenoxy) is 1. The molecule has 3 amide bonds. The SMILES string of the molecule is [2H]c1cc(Oc2ccc(NC(=O)Nc3ccc(Cl)c(C([2H])([2H])[2H])c3)cc2)cc(C(=O)NC)n1. The van der Waals surface area contributed by atoms with Gasteiger partial charge in [0, 0.05) is 39.8 Å². The number of anilines is 2. The highest BCUT2D eigenvalue weighted by atomic mass is 35.5. The van der Waals surface area contributed by atoms with Gasteiger partial charge in [0.1, 0.15) is 17.2 Å². The number of benzene rings is 2. The molecule has 0 unspecified atom stereocenters. The van der Waals surface area contributed by atoms with Crippen molar-refractivity contribution in [3.05, 3.63) is 77.1 Å². The van der Waals surface area contributed by atoms with Gasteiger partial charge in [-0.3, -0.25) is 9.78 Å². The fraction of sp³-hybridized carbons (Fsp3) is 0.0952. The first kappa shape index (κ1) is 15.4. The molecule has 1 aromatic heterocycles. The van der Waals surface area contributed by atoms with Gasteiger partial charge in [0.25, 0.3) is 5.91 Å². The van der Waals surface area contributed by atoms with Gasteiger partial charge < -0.3 is 20.7 Å². The first-order chi connectivity index (χ1) is 15.5. The standard InChI is InChI=1S/C21H19ClN4O3/c1-13-11-15(5-8-18(13)22)26-21(28)25-14-3-6-16(7-4-14)29-17-9-10-24-19(12-17)20(27)23-2/h3-12H,1-2H3,(H,23,27)(H2,25,26,28)/i1D3,10D. The van der Waals surface area contributed by atoms with Crippen molar-refractivity contribution >= 4 is 34.9 Å².